The van der Waals surface area contributed by atoms with Crippen molar-refractivity contribution in [1.29, 1.82) is 0 Å². The van der Waals surface area contributed by atoms with Gasteiger partial charge in [0, 0.05) is 35.9 Å². The van der Waals surface area contributed by atoms with Crippen molar-refractivity contribution in [2.75, 3.05) is 24.0 Å². The summed E-state index contributed by atoms with van der Waals surface area (Å²) in [5, 5.41) is 11.2. The van der Waals surface area contributed by atoms with Crippen molar-refractivity contribution in [3.05, 3.63) is 18.0 Å². The summed E-state index contributed by atoms with van der Waals surface area (Å²) in [6.45, 7) is 1.90. The fourth-order valence-corrected chi connectivity index (χ4v) is 2.70. The fraction of sp³-hybridized carbons (Fsp3) is 0.545. The maximum Gasteiger partial charge on any atom is 0.299 e. The van der Waals surface area contributed by atoms with Crippen molar-refractivity contribution in [3.63, 3.8) is 0 Å². The largest absolute Gasteiger partial charge is 0.355 e. The van der Waals surface area contributed by atoms with Crippen LogP contribution in [0.25, 0.3) is 5.65 Å². The van der Waals surface area contributed by atoms with E-state index in [1.54, 1.807) is 30.3 Å². The molecule has 0 radical (unpaired) electrons. The molecule has 2 aromatic rings. The molecule has 0 aliphatic heterocycles. The predicted octanol–water partition coefficient (Wildman–Crippen LogP) is 1.27. The highest BCUT2D eigenvalue weighted by molar-refractivity contribution is 7.84. The summed E-state index contributed by atoms with van der Waals surface area (Å²) < 4.78 is 37.8. The van der Waals surface area contributed by atoms with Crippen LogP contribution in [-0.2, 0) is 10.8 Å². The fourth-order valence-electron chi connectivity index (χ4n) is 1.80. The van der Waals surface area contributed by atoms with E-state index in [9.17, 15) is 13.0 Å². The minimum absolute atomic E-state index is 0.0303. The molecule has 0 bridgehead atoms. The van der Waals surface area contributed by atoms with Crippen LogP contribution in [-0.4, -0.2) is 49.1 Å². The molecule has 0 unspecified atom stereocenters. The molecule has 2 atom stereocenters. The quantitative estimate of drug-likeness (QED) is 0.832. The summed E-state index contributed by atoms with van der Waals surface area (Å²) in [7, 11) is 0.834. The van der Waals surface area contributed by atoms with Gasteiger partial charge in [0.1, 0.15) is 5.82 Å². The zero-order valence-electron chi connectivity index (χ0n) is 11.3. The highest BCUT2D eigenvalue weighted by Crippen LogP contribution is 2.19. The van der Waals surface area contributed by atoms with E-state index < -0.39 is 23.0 Å². The Morgan fingerprint density at radius 3 is 2.70 bits per heavy atom. The van der Waals surface area contributed by atoms with Gasteiger partial charge in [-0.25, -0.2) is 8.78 Å². The van der Waals surface area contributed by atoms with Gasteiger partial charge in [0.25, 0.3) is 6.43 Å². The average Bonchev–Trinajstić information content (AvgIpc) is 2.79. The topological polar surface area (TPSA) is 63.4 Å². The first-order valence-electron chi connectivity index (χ1n) is 5.93. The molecule has 0 saturated carbocycles. The highest BCUT2D eigenvalue weighted by Gasteiger charge is 2.19. The van der Waals surface area contributed by atoms with E-state index in [4.69, 9.17) is 0 Å². The summed E-state index contributed by atoms with van der Waals surface area (Å²) in [6, 6.07) is 3.22. The van der Waals surface area contributed by atoms with E-state index in [1.165, 1.54) is 0 Å². The third-order valence-electron chi connectivity index (χ3n) is 2.97. The van der Waals surface area contributed by atoms with Crippen molar-refractivity contribution >= 4 is 22.3 Å². The van der Waals surface area contributed by atoms with Gasteiger partial charge < -0.3 is 4.90 Å². The van der Waals surface area contributed by atoms with Crippen LogP contribution in [0, 0.1) is 0 Å². The number of hydrogen-bond acceptors (Lipinski definition) is 5. The van der Waals surface area contributed by atoms with E-state index >= 15 is 0 Å². The molecule has 0 saturated heterocycles. The van der Waals surface area contributed by atoms with Crippen molar-refractivity contribution in [2.45, 2.75) is 19.4 Å². The molecule has 20 heavy (non-hydrogen) atoms. The van der Waals surface area contributed by atoms with Crippen LogP contribution in [0.3, 0.4) is 0 Å². The number of alkyl halides is 2. The molecule has 0 aliphatic rings. The Kier molecular flexibility index (Phi) is 4.26. The van der Waals surface area contributed by atoms with E-state index in [-0.39, 0.29) is 11.7 Å². The summed E-state index contributed by atoms with van der Waals surface area (Å²) in [5.74, 6) is 0.485. The van der Waals surface area contributed by atoms with E-state index in [2.05, 4.69) is 15.3 Å². The minimum Gasteiger partial charge on any atom is -0.355 e. The first kappa shape index (κ1) is 14.8. The van der Waals surface area contributed by atoms with Crippen LogP contribution in [0.5, 0.6) is 0 Å². The van der Waals surface area contributed by atoms with E-state index in [0.29, 0.717) is 11.6 Å². The Morgan fingerprint density at radius 1 is 1.40 bits per heavy atom. The third-order valence-corrected chi connectivity index (χ3v) is 3.92. The summed E-state index contributed by atoms with van der Waals surface area (Å²) >= 11 is 0. The Balaban J connectivity index is 2.35. The number of halogens is 2. The lowest BCUT2D eigenvalue weighted by molar-refractivity contribution is 0.137. The second-order valence-electron chi connectivity index (χ2n) is 4.52. The van der Waals surface area contributed by atoms with Crippen molar-refractivity contribution in [3.8, 4) is 0 Å². The molecule has 2 aromatic heterocycles. The summed E-state index contributed by atoms with van der Waals surface area (Å²) in [6.07, 6.45) is -1.12. The molecule has 2 heterocycles. The summed E-state index contributed by atoms with van der Waals surface area (Å²) in [5.41, 5.74) is 0.268. The van der Waals surface area contributed by atoms with E-state index in [0.717, 1.165) is 4.52 Å². The van der Waals surface area contributed by atoms with Gasteiger partial charge >= 0.3 is 0 Å². The number of rotatable bonds is 5. The van der Waals surface area contributed by atoms with Gasteiger partial charge in [0.05, 0.1) is 0 Å². The number of fused-ring (bicyclic) bond motifs is 1. The van der Waals surface area contributed by atoms with Crippen molar-refractivity contribution in [2.24, 2.45) is 0 Å². The van der Waals surface area contributed by atoms with Crippen molar-refractivity contribution in [1.82, 2.24) is 19.8 Å². The van der Waals surface area contributed by atoms with Gasteiger partial charge in [-0.1, -0.05) is 0 Å². The number of aromatic nitrogens is 4. The zero-order chi connectivity index (χ0) is 14.9. The predicted molar refractivity (Wildman–Crippen MR) is 72.5 cm³/mol. The van der Waals surface area contributed by atoms with Gasteiger partial charge in [-0.3, -0.25) is 4.21 Å². The molecule has 0 amide bonds. The van der Waals surface area contributed by atoms with Crippen LogP contribution in [0.15, 0.2) is 12.1 Å². The molecule has 2 rings (SSSR count). The maximum absolute atomic E-state index is 12.8. The maximum atomic E-state index is 12.8. The number of anilines is 1. The van der Waals surface area contributed by atoms with Crippen LogP contribution in [0.1, 0.15) is 19.2 Å². The Morgan fingerprint density at radius 2 is 2.10 bits per heavy atom. The second kappa shape index (κ2) is 5.78. The first-order valence-corrected chi connectivity index (χ1v) is 7.66. The summed E-state index contributed by atoms with van der Waals surface area (Å²) in [4.78, 5) is 1.79. The second-order valence-corrected chi connectivity index (χ2v) is 6.00. The Labute approximate surface area is 117 Å². The lowest BCUT2D eigenvalue weighted by Gasteiger charge is -2.25. The molecule has 0 aromatic carbocycles. The SMILES string of the molecule is C[C@H](C[S@](C)=O)N(C)c1ccc2nnc(C(F)F)n2n1. The standard InChI is InChI=1S/C11H15F2N5OS/c1-7(6-20(3)19)17(2)9-5-4-8-14-15-11(10(12)13)18(8)16-9/h4-5,7,10H,6H2,1-3H3/t7-,20+/m1/s1. The monoisotopic (exact) mass is 303 g/mol. The number of nitrogens with zero attached hydrogens (tertiary/aromatic N) is 5. The van der Waals surface area contributed by atoms with Crippen LogP contribution >= 0.6 is 0 Å². The molecule has 0 N–H and O–H groups in total. The van der Waals surface area contributed by atoms with E-state index in [1.807, 2.05) is 6.92 Å². The van der Waals surface area contributed by atoms with Gasteiger partial charge in [-0.05, 0) is 19.1 Å². The Bertz CT molecular complexity index is 632. The molecule has 9 heteroatoms. The molecular formula is C11H15F2N5OS. The number of hydrogen-bond donors (Lipinski definition) is 0. The lowest BCUT2D eigenvalue weighted by atomic mass is 10.3. The van der Waals surface area contributed by atoms with Crippen molar-refractivity contribution < 1.29 is 13.0 Å². The average molecular weight is 303 g/mol. The smallest absolute Gasteiger partial charge is 0.299 e. The molecule has 0 fully saturated rings. The molecular weight excluding hydrogens is 288 g/mol. The van der Waals surface area contributed by atoms with Gasteiger partial charge in [0.15, 0.2) is 5.65 Å². The zero-order valence-corrected chi connectivity index (χ0v) is 12.1. The minimum atomic E-state index is -2.74. The van der Waals surface area contributed by atoms with Crippen LogP contribution in [0.2, 0.25) is 0 Å². The third kappa shape index (κ3) is 2.92. The first-order chi connectivity index (χ1) is 9.40. The van der Waals surface area contributed by atoms with Gasteiger partial charge in [-0.15, -0.1) is 15.3 Å². The molecule has 6 nitrogen and oxygen atoms in total. The van der Waals surface area contributed by atoms with Crippen LogP contribution < -0.4 is 4.90 Å². The highest BCUT2D eigenvalue weighted by atomic mass is 32.2. The van der Waals surface area contributed by atoms with Gasteiger partial charge in [-0.2, -0.15) is 4.52 Å². The normalized spacial score (nSPS) is 14.7. The molecule has 110 valence electrons. The van der Waals surface area contributed by atoms with Crippen LogP contribution in [0.4, 0.5) is 14.6 Å². The lowest BCUT2D eigenvalue weighted by Crippen LogP contribution is -2.34. The molecule has 0 aliphatic carbocycles. The van der Waals surface area contributed by atoms with Gasteiger partial charge in [0.2, 0.25) is 5.82 Å². The molecule has 0 spiro atoms. The Hall–Kier alpha value is -1.64.